The van der Waals surface area contributed by atoms with Gasteiger partial charge in [0, 0.05) is 43.5 Å². The maximum absolute atomic E-state index is 12.2. The number of pyridine rings is 1. The molecule has 2 aromatic heterocycles. The molecule has 186 valence electrons. The number of nitrogens with zero attached hydrogens (tertiary/aromatic N) is 4. The van der Waals surface area contributed by atoms with Gasteiger partial charge in [-0.2, -0.15) is 0 Å². The Morgan fingerprint density at radius 3 is 2.56 bits per heavy atom. The van der Waals surface area contributed by atoms with Crippen molar-refractivity contribution in [1.82, 2.24) is 25.1 Å². The van der Waals surface area contributed by atoms with Crippen LogP contribution in [0.15, 0.2) is 78.1 Å². The minimum atomic E-state index is 0.0695. The molecule has 0 aliphatic rings. The molecule has 9 heteroatoms. The summed E-state index contributed by atoms with van der Waals surface area (Å²) < 4.78 is 2.03. The van der Waals surface area contributed by atoms with E-state index in [2.05, 4.69) is 32.6 Å². The molecule has 2 heterocycles. The number of hydrogen-bond donors (Lipinski definition) is 1. The molecule has 36 heavy (non-hydrogen) atoms. The van der Waals surface area contributed by atoms with Gasteiger partial charge >= 0.3 is 0 Å². The molecule has 0 aliphatic carbocycles. The van der Waals surface area contributed by atoms with E-state index in [9.17, 15) is 4.79 Å². The first-order chi connectivity index (χ1) is 17.6. The number of carbonyl (C=O) groups is 1. The normalized spacial score (nSPS) is 10.9. The smallest absolute Gasteiger partial charge is 0.220 e. The molecule has 0 aliphatic heterocycles. The van der Waals surface area contributed by atoms with Gasteiger partial charge in [-0.25, -0.2) is 0 Å². The van der Waals surface area contributed by atoms with Crippen molar-refractivity contribution >= 4 is 40.9 Å². The van der Waals surface area contributed by atoms with Gasteiger partial charge in [0.15, 0.2) is 5.16 Å². The van der Waals surface area contributed by atoms with Gasteiger partial charge in [-0.05, 0) is 48.7 Å². The quantitative estimate of drug-likeness (QED) is 0.172. The Balaban J connectivity index is 1.31. The summed E-state index contributed by atoms with van der Waals surface area (Å²) in [5.41, 5.74) is 3.00. The van der Waals surface area contributed by atoms with Crippen molar-refractivity contribution in [2.45, 2.75) is 37.3 Å². The number of carbonyl (C=O) groups excluding carboxylic acids is 1. The lowest BCUT2D eigenvalue weighted by Gasteiger charge is -2.11. The lowest BCUT2D eigenvalue weighted by Crippen LogP contribution is -2.25. The third kappa shape index (κ3) is 7.56. The Kier molecular flexibility index (Phi) is 9.78. The van der Waals surface area contributed by atoms with Gasteiger partial charge in [0.25, 0.3) is 0 Å². The van der Waals surface area contributed by atoms with E-state index in [1.807, 2.05) is 53.1 Å². The maximum Gasteiger partial charge on any atom is 0.220 e. The Hall–Kier alpha value is -2.87. The monoisotopic (exact) mass is 539 g/mol. The van der Waals surface area contributed by atoms with Gasteiger partial charge in [0.1, 0.15) is 5.82 Å². The van der Waals surface area contributed by atoms with Crippen LogP contribution in [0.3, 0.4) is 0 Å². The van der Waals surface area contributed by atoms with E-state index in [4.69, 9.17) is 23.2 Å². The van der Waals surface area contributed by atoms with Gasteiger partial charge in [0.05, 0.1) is 15.7 Å². The molecule has 0 atom stereocenters. The molecule has 0 saturated heterocycles. The summed E-state index contributed by atoms with van der Waals surface area (Å²) in [6, 6.07) is 21.5. The van der Waals surface area contributed by atoms with Crippen LogP contribution in [0.1, 0.15) is 36.3 Å². The van der Waals surface area contributed by atoms with Crippen LogP contribution >= 0.6 is 35.0 Å². The summed E-state index contributed by atoms with van der Waals surface area (Å²) in [5.74, 6) is 1.72. The van der Waals surface area contributed by atoms with Crippen molar-refractivity contribution < 1.29 is 4.79 Å². The number of aromatic nitrogens is 4. The molecule has 0 spiro atoms. The molecule has 4 aromatic rings. The van der Waals surface area contributed by atoms with Gasteiger partial charge in [-0.1, -0.05) is 71.4 Å². The van der Waals surface area contributed by atoms with E-state index in [0.717, 1.165) is 52.9 Å². The van der Waals surface area contributed by atoms with E-state index >= 15 is 0 Å². The molecular weight excluding hydrogens is 513 g/mol. The van der Waals surface area contributed by atoms with Crippen molar-refractivity contribution in [2.24, 2.45) is 0 Å². The first-order valence-corrected chi connectivity index (χ1v) is 13.6. The highest BCUT2D eigenvalue weighted by atomic mass is 35.5. The van der Waals surface area contributed by atoms with E-state index in [0.29, 0.717) is 29.4 Å². The van der Waals surface area contributed by atoms with Gasteiger partial charge < -0.3 is 5.32 Å². The number of benzene rings is 2. The van der Waals surface area contributed by atoms with Crippen LogP contribution in [0.2, 0.25) is 10.0 Å². The standard InChI is InChI=1S/C27H27Cl2N5OS/c28-23-13-12-22(19-24(23)29)34-25(18-20-8-2-1-3-9-20)32-33-27(34)36-17-7-5-11-26(35)31-16-14-21-10-4-6-15-30-21/h1-4,6,8-10,12-13,15,19H,5,7,11,14,16-18H2,(H,31,35). The largest absolute Gasteiger partial charge is 0.356 e. The Bertz CT molecular complexity index is 1270. The number of thioether (sulfide) groups is 1. The predicted octanol–water partition coefficient (Wildman–Crippen LogP) is 6.18. The first-order valence-electron chi connectivity index (χ1n) is 11.8. The summed E-state index contributed by atoms with van der Waals surface area (Å²) in [4.78, 5) is 16.4. The summed E-state index contributed by atoms with van der Waals surface area (Å²) >= 11 is 14.1. The highest BCUT2D eigenvalue weighted by molar-refractivity contribution is 7.99. The number of hydrogen-bond acceptors (Lipinski definition) is 5. The number of rotatable bonds is 12. The second-order valence-corrected chi connectivity index (χ2v) is 10.1. The van der Waals surface area contributed by atoms with Crippen LogP contribution in [0, 0.1) is 0 Å². The summed E-state index contributed by atoms with van der Waals surface area (Å²) in [5, 5.41) is 13.7. The zero-order valence-corrected chi connectivity index (χ0v) is 22.1. The fourth-order valence-electron chi connectivity index (χ4n) is 3.69. The molecule has 0 unspecified atom stereocenters. The minimum absolute atomic E-state index is 0.0695. The fraction of sp³-hybridized carbons (Fsp3) is 0.259. The number of nitrogens with one attached hydrogen (secondary N) is 1. The first kappa shape index (κ1) is 26.2. The Morgan fingerprint density at radius 2 is 1.78 bits per heavy atom. The second kappa shape index (κ2) is 13.4. The van der Waals surface area contributed by atoms with E-state index in [1.54, 1.807) is 24.0 Å². The molecule has 0 saturated carbocycles. The van der Waals surface area contributed by atoms with Gasteiger partial charge in [-0.3, -0.25) is 14.3 Å². The van der Waals surface area contributed by atoms with Crippen molar-refractivity contribution in [1.29, 1.82) is 0 Å². The number of unbranched alkanes of at least 4 members (excludes halogenated alkanes) is 1. The summed E-state index contributed by atoms with van der Waals surface area (Å²) in [6.45, 7) is 0.599. The molecule has 4 rings (SSSR count). The molecule has 1 N–H and O–H groups in total. The molecule has 1 amide bonds. The van der Waals surface area contributed by atoms with Crippen molar-refractivity contribution in [2.75, 3.05) is 12.3 Å². The van der Waals surface area contributed by atoms with Crippen LogP contribution in [0.5, 0.6) is 0 Å². The average Bonchev–Trinajstić information content (AvgIpc) is 3.29. The maximum atomic E-state index is 12.2. The van der Waals surface area contributed by atoms with Gasteiger partial charge in [0.2, 0.25) is 5.91 Å². The Morgan fingerprint density at radius 1 is 0.944 bits per heavy atom. The molecule has 6 nitrogen and oxygen atoms in total. The molecular formula is C27H27Cl2N5OS. The molecule has 0 fully saturated rings. The molecule has 0 radical (unpaired) electrons. The third-order valence-corrected chi connectivity index (χ3v) is 7.28. The van der Waals surface area contributed by atoms with Crippen molar-refractivity contribution in [3.8, 4) is 5.69 Å². The highest BCUT2D eigenvalue weighted by Crippen LogP contribution is 2.29. The Labute approximate surface area is 225 Å². The van der Waals surface area contributed by atoms with Crippen molar-refractivity contribution in [3.05, 3.63) is 100 Å². The number of halogens is 2. The fourth-order valence-corrected chi connectivity index (χ4v) is 4.95. The van der Waals surface area contributed by atoms with Crippen LogP contribution in [0.25, 0.3) is 5.69 Å². The zero-order valence-electron chi connectivity index (χ0n) is 19.7. The third-order valence-electron chi connectivity index (χ3n) is 5.53. The van der Waals surface area contributed by atoms with E-state index in [-0.39, 0.29) is 5.91 Å². The lowest BCUT2D eigenvalue weighted by atomic mass is 10.1. The predicted molar refractivity (Wildman–Crippen MR) is 146 cm³/mol. The molecule has 0 bridgehead atoms. The minimum Gasteiger partial charge on any atom is -0.356 e. The van der Waals surface area contributed by atoms with Gasteiger partial charge in [-0.15, -0.1) is 10.2 Å². The van der Waals surface area contributed by atoms with Crippen LogP contribution in [-0.4, -0.2) is 38.0 Å². The van der Waals surface area contributed by atoms with E-state index in [1.165, 1.54) is 0 Å². The topological polar surface area (TPSA) is 72.7 Å². The van der Waals surface area contributed by atoms with Crippen LogP contribution in [-0.2, 0) is 17.6 Å². The highest BCUT2D eigenvalue weighted by Gasteiger charge is 2.16. The lowest BCUT2D eigenvalue weighted by molar-refractivity contribution is -0.121. The zero-order chi connectivity index (χ0) is 25.2. The average molecular weight is 541 g/mol. The molecule has 2 aromatic carbocycles. The van der Waals surface area contributed by atoms with Crippen LogP contribution < -0.4 is 5.32 Å². The summed E-state index contributed by atoms with van der Waals surface area (Å²) in [6.07, 6.45) is 5.34. The van der Waals surface area contributed by atoms with Crippen LogP contribution in [0.4, 0.5) is 0 Å². The van der Waals surface area contributed by atoms with E-state index < -0.39 is 0 Å². The SMILES string of the molecule is O=C(CCCCSc1nnc(Cc2ccccc2)n1-c1ccc(Cl)c(Cl)c1)NCCc1ccccn1. The van der Waals surface area contributed by atoms with Crippen molar-refractivity contribution in [3.63, 3.8) is 0 Å². The number of amides is 1. The second-order valence-electron chi connectivity index (χ2n) is 8.22. The summed E-state index contributed by atoms with van der Waals surface area (Å²) in [7, 11) is 0.